The number of halogens is 1. The molecule has 0 aliphatic carbocycles. The van der Waals surface area contributed by atoms with Gasteiger partial charge in [0.25, 0.3) is 5.91 Å². The third-order valence-electron chi connectivity index (χ3n) is 2.86. The molecule has 6 heteroatoms. The van der Waals surface area contributed by atoms with Crippen molar-refractivity contribution in [2.45, 2.75) is 0 Å². The first-order valence-corrected chi connectivity index (χ1v) is 7.00. The van der Waals surface area contributed by atoms with Crippen molar-refractivity contribution in [2.24, 2.45) is 0 Å². The summed E-state index contributed by atoms with van der Waals surface area (Å²) in [7, 11) is 1.61. The summed E-state index contributed by atoms with van der Waals surface area (Å²) in [6.45, 7) is 1.88. The SMILES string of the molecule is COCCOCCNC(=O)c1cc(Cl)c2ccccc2n1. The van der Waals surface area contributed by atoms with Crippen molar-refractivity contribution in [3.05, 3.63) is 41.0 Å². The van der Waals surface area contributed by atoms with Gasteiger partial charge in [-0.05, 0) is 12.1 Å². The Hall–Kier alpha value is -1.69. The number of carbonyl (C=O) groups is 1. The maximum atomic E-state index is 12.0. The van der Waals surface area contributed by atoms with E-state index in [0.29, 0.717) is 42.6 Å². The molecular formula is C15H17ClN2O3. The van der Waals surface area contributed by atoms with Crippen LogP contribution >= 0.6 is 11.6 Å². The summed E-state index contributed by atoms with van der Waals surface area (Å²) in [4.78, 5) is 16.3. The van der Waals surface area contributed by atoms with E-state index in [1.54, 1.807) is 13.2 Å². The number of amides is 1. The second kappa shape index (κ2) is 7.93. The quantitative estimate of drug-likeness (QED) is 0.797. The normalized spacial score (nSPS) is 10.8. The number of hydrogen-bond donors (Lipinski definition) is 1. The smallest absolute Gasteiger partial charge is 0.270 e. The molecule has 0 atom stereocenters. The van der Waals surface area contributed by atoms with E-state index in [2.05, 4.69) is 10.3 Å². The fourth-order valence-corrected chi connectivity index (χ4v) is 2.08. The number of ether oxygens (including phenoxy) is 2. The molecule has 112 valence electrons. The Morgan fingerprint density at radius 3 is 2.90 bits per heavy atom. The summed E-state index contributed by atoms with van der Waals surface area (Å²) in [5, 5.41) is 4.09. The standard InChI is InChI=1S/C15H17ClN2O3/c1-20-8-9-21-7-6-17-15(19)14-10-12(16)11-4-2-3-5-13(11)18-14/h2-5,10H,6-9H2,1H3,(H,17,19). The molecule has 0 bridgehead atoms. The van der Waals surface area contributed by atoms with Crippen molar-refractivity contribution in [2.75, 3.05) is 33.5 Å². The van der Waals surface area contributed by atoms with E-state index in [9.17, 15) is 4.79 Å². The van der Waals surface area contributed by atoms with Gasteiger partial charge in [-0.3, -0.25) is 4.79 Å². The molecule has 21 heavy (non-hydrogen) atoms. The van der Waals surface area contributed by atoms with Crippen molar-refractivity contribution in [1.29, 1.82) is 0 Å². The molecule has 1 aromatic heterocycles. The number of benzene rings is 1. The average Bonchev–Trinajstić information content (AvgIpc) is 2.50. The van der Waals surface area contributed by atoms with Crippen LogP contribution in [0.4, 0.5) is 0 Å². The molecule has 0 unspecified atom stereocenters. The molecule has 0 spiro atoms. The molecule has 0 aliphatic rings. The van der Waals surface area contributed by atoms with Crippen LogP contribution in [0, 0.1) is 0 Å². The Morgan fingerprint density at radius 1 is 1.29 bits per heavy atom. The summed E-state index contributed by atoms with van der Waals surface area (Å²) < 4.78 is 10.1. The van der Waals surface area contributed by atoms with E-state index in [4.69, 9.17) is 21.1 Å². The second-order valence-electron chi connectivity index (χ2n) is 4.37. The zero-order chi connectivity index (χ0) is 15.1. The molecule has 1 aromatic carbocycles. The molecular weight excluding hydrogens is 292 g/mol. The van der Waals surface area contributed by atoms with Crippen molar-refractivity contribution in [3.63, 3.8) is 0 Å². The van der Waals surface area contributed by atoms with Gasteiger partial charge in [0.15, 0.2) is 0 Å². The fourth-order valence-electron chi connectivity index (χ4n) is 1.82. The highest BCUT2D eigenvalue weighted by Gasteiger charge is 2.10. The lowest BCUT2D eigenvalue weighted by molar-refractivity contribution is 0.0692. The summed E-state index contributed by atoms with van der Waals surface area (Å²) in [6.07, 6.45) is 0. The number of pyridine rings is 1. The number of methoxy groups -OCH3 is 1. The third-order valence-corrected chi connectivity index (χ3v) is 3.17. The lowest BCUT2D eigenvalue weighted by Gasteiger charge is -2.07. The van der Waals surface area contributed by atoms with Crippen LogP contribution in [0.1, 0.15) is 10.5 Å². The number of nitrogens with one attached hydrogen (secondary N) is 1. The van der Waals surface area contributed by atoms with Crippen molar-refractivity contribution < 1.29 is 14.3 Å². The van der Waals surface area contributed by atoms with Crippen LogP contribution in [0.15, 0.2) is 30.3 Å². The minimum absolute atomic E-state index is 0.266. The van der Waals surface area contributed by atoms with Crippen LogP contribution in [0.5, 0.6) is 0 Å². The van der Waals surface area contributed by atoms with Gasteiger partial charge in [-0.2, -0.15) is 0 Å². The van der Waals surface area contributed by atoms with E-state index < -0.39 is 0 Å². The van der Waals surface area contributed by atoms with Gasteiger partial charge in [-0.15, -0.1) is 0 Å². The van der Waals surface area contributed by atoms with Gasteiger partial charge in [-0.1, -0.05) is 29.8 Å². The monoisotopic (exact) mass is 308 g/mol. The van der Waals surface area contributed by atoms with E-state index in [-0.39, 0.29) is 5.91 Å². The number of aromatic nitrogens is 1. The van der Waals surface area contributed by atoms with Crippen LogP contribution < -0.4 is 5.32 Å². The topological polar surface area (TPSA) is 60.5 Å². The first kappa shape index (κ1) is 15.7. The Kier molecular flexibility index (Phi) is 5.92. The fraction of sp³-hybridized carbons (Fsp3) is 0.333. The first-order valence-electron chi connectivity index (χ1n) is 6.62. The zero-order valence-corrected chi connectivity index (χ0v) is 12.5. The molecule has 1 heterocycles. The first-order chi connectivity index (χ1) is 10.2. The molecule has 2 rings (SSSR count). The largest absolute Gasteiger partial charge is 0.382 e. The molecule has 0 aliphatic heterocycles. The minimum Gasteiger partial charge on any atom is -0.382 e. The number of hydrogen-bond acceptors (Lipinski definition) is 4. The van der Waals surface area contributed by atoms with Crippen LogP contribution in [0.3, 0.4) is 0 Å². The van der Waals surface area contributed by atoms with Gasteiger partial charge >= 0.3 is 0 Å². The Bertz CT molecular complexity index is 619. The summed E-state index contributed by atoms with van der Waals surface area (Å²) in [5.74, 6) is -0.266. The van der Waals surface area contributed by atoms with Crippen molar-refractivity contribution in [3.8, 4) is 0 Å². The van der Waals surface area contributed by atoms with Crippen LogP contribution in [0.25, 0.3) is 10.9 Å². The van der Waals surface area contributed by atoms with Crippen molar-refractivity contribution in [1.82, 2.24) is 10.3 Å². The Balaban J connectivity index is 1.93. The summed E-state index contributed by atoms with van der Waals surface area (Å²) >= 11 is 6.17. The van der Waals surface area contributed by atoms with Gasteiger partial charge in [0.05, 0.1) is 30.4 Å². The van der Waals surface area contributed by atoms with E-state index in [1.165, 1.54) is 0 Å². The van der Waals surface area contributed by atoms with Crippen LogP contribution in [0.2, 0.25) is 5.02 Å². The van der Waals surface area contributed by atoms with Gasteiger partial charge in [-0.25, -0.2) is 4.98 Å². The van der Waals surface area contributed by atoms with Crippen LogP contribution in [-0.2, 0) is 9.47 Å². The highest BCUT2D eigenvalue weighted by Crippen LogP contribution is 2.22. The third kappa shape index (κ3) is 4.39. The van der Waals surface area contributed by atoms with Gasteiger partial charge in [0.2, 0.25) is 0 Å². The lowest BCUT2D eigenvalue weighted by Crippen LogP contribution is -2.28. The predicted molar refractivity (Wildman–Crippen MR) is 81.8 cm³/mol. The molecule has 1 amide bonds. The van der Waals surface area contributed by atoms with Crippen molar-refractivity contribution >= 4 is 28.4 Å². The maximum absolute atomic E-state index is 12.0. The maximum Gasteiger partial charge on any atom is 0.270 e. The number of fused-ring (bicyclic) bond motifs is 1. The molecule has 0 saturated carbocycles. The molecule has 5 nitrogen and oxygen atoms in total. The predicted octanol–water partition coefficient (Wildman–Crippen LogP) is 2.28. The zero-order valence-electron chi connectivity index (χ0n) is 11.8. The van der Waals surface area contributed by atoms with E-state index >= 15 is 0 Å². The molecule has 0 fully saturated rings. The summed E-state index contributed by atoms with van der Waals surface area (Å²) in [6, 6.07) is 9.01. The molecule has 0 radical (unpaired) electrons. The van der Waals surface area contributed by atoms with Crippen LogP contribution in [-0.4, -0.2) is 44.4 Å². The minimum atomic E-state index is -0.266. The molecule has 2 aromatic rings. The number of para-hydroxylation sites is 1. The number of carbonyl (C=O) groups excluding carboxylic acids is 1. The molecule has 0 saturated heterocycles. The Labute approximate surface area is 128 Å². The lowest BCUT2D eigenvalue weighted by atomic mass is 10.2. The Morgan fingerprint density at radius 2 is 2.10 bits per heavy atom. The number of rotatable bonds is 7. The van der Waals surface area contributed by atoms with E-state index in [1.807, 2.05) is 24.3 Å². The second-order valence-corrected chi connectivity index (χ2v) is 4.77. The van der Waals surface area contributed by atoms with Gasteiger partial charge < -0.3 is 14.8 Å². The molecule has 1 N–H and O–H groups in total. The van der Waals surface area contributed by atoms with Gasteiger partial charge in [0.1, 0.15) is 5.69 Å². The highest BCUT2D eigenvalue weighted by molar-refractivity contribution is 6.35. The average molecular weight is 309 g/mol. The number of nitrogens with zero attached hydrogens (tertiary/aromatic N) is 1. The summed E-state index contributed by atoms with van der Waals surface area (Å²) in [5.41, 5.74) is 1.00. The van der Waals surface area contributed by atoms with Gasteiger partial charge in [0, 0.05) is 19.0 Å². The van der Waals surface area contributed by atoms with E-state index in [0.717, 1.165) is 5.39 Å². The highest BCUT2D eigenvalue weighted by atomic mass is 35.5.